The number of benzene rings is 1. The van der Waals surface area contributed by atoms with Gasteiger partial charge in [0.15, 0.2) is 0 Å². The molecular formula is C19H25F2N3O3. The summed E-state index contributed by atoms with van der Waals surface area (Å²) in [7, 11) is 0. The lowest BCUT2D eigenvalue weighted by atomic mass is 10.2. The molecular weight excluding hydrogens is 356 g/mol. The van der Waals surface area contributed by atoms with Gasteiger partial charge in [-0.25, -0.2) is 8.78 Å². The maximum Gasteiger partial charge on any atom is 0.256 e. The number of halogens is 2. The summed E-state index contributed by atoms with van der Waals surface area (Å²) in [6.07, 6.45) is 0.650. The van der Waals surface area contributed by atoms with E-state index in [4.69, 9.17) is 4.74 Å². The molecule has 1 unspecified atom stereocenters. The molecule has 1 aromatic carbocycles. The predicted molar refractivity (Wildman–Crippen MR) is 95.3 cm³/mol. The molecule has 0 spiro atoms. The molecule has 1 aromatic rings. The van der Waals surface area contributed by atoms with Crippen LogP contribution in [0, 0.1) is 11.6 Å². The Morgan fingerprint density at radius 2 is 1.96 bits per heavy atom. The van der Waals surface area contributed by atoms with Gasteiger partial charge in [-0.05, 0) is 18.6 Å². The van der Waals surface area contributed by atoms with Gasteiger partial charge in [0, 0.05) is 52.3 Å². The Hall–Kier alpha value is -2.06. The van der Waals surface area contributed by atoms with E-state index in [1.54, 1.807) is 4.90 Å². The minimum absolute atomic E-state index is 0.0319. The summed E-state index contributed by atoms with van der Waals surface area (Å²) in [5, 5.41) is 0. The zero-order valence-corrected chi connectivity index (χ0v) is 15.5. The number of nitrogens with zero attached hydrogens (tertiary/aromatic N) is 3. The number of amides is 2. The van der Waals surface area contributed by atoms with Gasteiger partial charge in [-0.3, -0.25) is 14.5 Å². The van der Waals surface area contributed by atoms with Gasteiger partial charge >= 0.3 is 0 Å². The van der Waals surface area contributed by atoms with E-state index in [0.29, 0.717) is 45.3 Å². The Labute approximate surface area is 157 Å². The highest BCUT2D eigenvalue weighted by Crippen LogP contribution is 2.20. The summed E-state index contributed by atoms with van der Waals surface area (Å²) in [6, 6.07) is 2.87. The lowest BCUT2D eigenvalue weighted by molar-refractivity contribution is -0.131. The number of ether oxygens (including phenoxy) is 1. The third kappa shape index (κ3) is 4.81. The fourth-order valence-corrected chi connectivity index (χ4v) is 3.69. The van der Waals surface area contributed by atoms with Gasteiger partial charge in [0.25, 0.3) is 5.91 Å². The Kier molecular flexibility index (Phi) is 6.38. The number of hydrogen-bond donors (Lipinski definition) is 0. The van der Waals surface area contributed by atoms with Gasteiger partial charge in [0.1, 0.15) is 11.6 Å². The van der Waals surface area contributed by atoms with Gasteiger partial charge in [-0.1, -0.05) is 0 Å². The monoisotopic (exact) mass is 381 g/mol. The largest absolute Gasteiger partial charge is 0.379 e. The van der Waals surface area contributed by atoms with Gasteiger partial charge in [-0.2, -0.15) is 0 Å². The van der Waals surface area contributed by atoms with Crippen LogP contribution < -0.4 is 0 Å². The van der Waals surface area contributed by atoms with Gasteiger partial charge in [0.2, 0.25) is 5.91 Å². The highest BCUT2D eigenvalue weighted by molar-refractivity contribution is 5.94. The lowest BCUT2D eigenvalue weighted by Crippen LogP contribution is -2.47. The van der Waals surface area contributed by atoms with Crippen molar-refractivity contribution in [2.75, 3.05) is 52.5 Å². The van der Waals surface area contributed by atoms with Crippen LogP contribution in [-0.2, 0) is 9.53 Å². The molecule has 148 valence electrons. The van der Waals surface area contributed by atoms with Crippen molar-refractivity contribution in [1.82, 2.24) is 14.7 Å². The van der Waals surface area contributed by atoms with Crippen LogP contribution in [0.3, 0.4) is 0 Å². The van der Waals surface area contributed by atoms with Crippen molar-refractivity contribution >= 4 is 11.8 Å². The van der Waals surface area contributed by atoms with Crippen LogP contribution in [0.5, 0.6) is 0 Å². The summed E-state index contributed by atoms with van der Waals surface area (Å²) in [4.78, 5) is 30.3. The van der Waals surface area contributed by atoms with Crippen molar-refractivity contribution in [2.45, 2.75) is 19.4 Å². The Balaban J connectivity index is 1.60. The zero-order valence-electron chi connectivity index (χ0n) is 15.5. The molecule has 0 radical (unpaired) electrons. The molecule has 8 heteroatoms. The molecule has 3 rings (SSSR count). The van der Waals surface area contributed by atoms with Crippen LogP contribution >= 0.6 is 0 Å². The van der Waals surface area contributed by atoms with Crippen LogP contribution in [0.15, 0.2) is 18.2 Å². The van der Waals surface area contributed by atoms with E-state index in [0.717, 1.165) is 25.7 Å². The smallest absolute Gasteiger partial charge is 0.256 e. The van der Waals surface area contributed by atoms with Crippen molar-refractivity contribution in [3.05, 3.63) is 35.4 Å². The van der Waals surface area contributed by atoms with E-state index < -0.39 is 17.5 Å². The van der Waals surface area contributed by atoms with Crippen LogP contribution in [0.25, 0.3) is 0 Å². The second kappa shape index (κ2) is 8.75. The lowest BCUT2D eigenvalue weighted by Gasteiger charge is -2.32. The molecule has 0 aromatic heterocycles. The molecule has 0 bridgehead atoms. The van der Waals surface area contributed by atoms with Crippen molar-refractivity contribution in [1.29, 1.82) is 0 Å². The van der Waals surface area contributed by atoms with E-state index in [2.05, 4.69) is 4.90 Å². The first-order valence-electron chi connectivity index (χ1n) is 9.27. The summed E-state index contributed by atoms with van der Waals surface area (Å²) in [5.41, 5.74) is -0.139. The normalized spacial score (nSPS) is 20.7. The number of rotatable bonds is 5. The molecule has 0 saturated carbocycles. The minimum Gasteiger partial charge on any atom is -0.379 e. The first kappa shape index (κ1) is 19.7. The van der Waals surface area contributed by atoms with Crippen molar-refractivity contribution < 1.29 is 23.1 Å². The molecule has 2 aliphatic rings. The molecule has 2 amide bonds. The number of likely N-dealkylation sites (tertiary alicyclic amines) is 1. The first-order valence-corrected chi connectivity index (χ1v) is 9.27. The standard InChI is InChI=1S/C19H25F2N3O3/c1-14(25)24(7-6-22-8-10-27-11-9-22)16-4-5-23(13-16)19(26)17-3-2-15(20)12-18(17)21/h2-3,12,16H,4-11,13H2,1H3. The molecule has 6 nitrogen and oxygen atoms in total. The predicted octanol–water partition coefficient (Wildman–Crippen LogP) is 1.36. The van der Waals surface area contributed by atoms with Crippen molar-refractivity contribution in [3.63, 3.8) is 0 Å². The molecule has 0 aliphatic carbocycles. The molecule has 1 atom stereocenters. The molecule has 2 saturated heterocycles. The Bertz CT molecular complexity index is 695. The topological polar surface area (TPSA) is 53.1 Å². The molecule has 2 fully saturated rings. The third-order valence-electron chi connectivity index (χ3n) is 5.22. The third-order valence-corrected chi connectivity index (χ3v) is 5.22. The van der Waals surface area contributed by atoms with E-state index in [1.165, 1.54) is 17.9 Å². The first-order chi connectivity index (χ1) is 13.0. The van der Waals surface area contributed by atoms with Crippen LogP contribution in [-0.4, -0.2) is 85.0 Å². The van der Waals surface area contributed by atoms with Crippen LogP contribution in [0.1, 0.15) is 23.7 Å². The van der Waals surface area contributed by atoms with Crippen molar-refractivity contribution in [3.8, 4) is 0 Å². The molecule has 27 heavy (non-hydrogen) atoms. The van der Waals surface area contributed by atoms with E-state index >= 15 is 0 Å². The van der Waals surface area contributed by atoms with Gasteiger partial charge in [-0.15, -0.1) is 0 Å². The summed E-state index contributed by atoms with van der Waals surface area (Å²) in [5.74, 6) is -2.07. The SMILES string of the molecule is CC(=O)N(CCN1CCOCC1)C1CCN(C(=O)c2ccc(F)cc2F)C1. The van der Waals surface area contributed by atoms with Crippen molar-refractivity contribution in [2.24, 2.45) is 0 Å². The number of hydrogen-bond acceptors (Lipinski definition) is 4. The Morgan fingerprint density at radius 1 is 1.22 bits per heavy atom. The molecule has 2 aliphatic heterocycles. The van der Waals surface area contributed by atoms with Gasteiger partial charge < -0.3 is 14.5 Å². The molecule has 0 N–H and O–H groups in total. The summed E-state index contributed by atoms with van der Waals surface area (Å²) < 4.78 is 32.3. The molecule has 2 heterocycles. The second-order valence-electron chi connectivity index (χ2n) is 6.98. The summed E-state index contributed by atoms with van der Waals surface area (Å²) in [6.45, 7) is 6.80. The van der Waals surface area contributed by atoms with Crippen LogP contribution in [0.2, 0.25) is 0 Å². The number of morpholine rings is 1. The fourth-order valence-electron chi connectivity index (χ4n) is 3.69. The van der Waals surface area contributed by atoms with Crippen LogP contribution in [0.4, 0.5) is 8.78 Å². The Morgan fingerprint density at radius 3 is 2.63 bits per heavy atom. The van der Waals surface area contributed by atoms with E-state index in [1.807, 2.05) is 0 Å². The number of carbonyl (C=O) groups excluding carboxylic acids is 2. The average Bonchev–Trinajstić information content (AvgIpc) is 3.12. The second-order valence-corrected chi connectivity index (χ2v) is 6.98. The number of carbonyl (C=O) groups is 2. The maximum atomic E-state index is 13.9. The minimum atomic E-state index is -0.862. The fraction of sp³-hybridized carbons (Fsp3) is 0.579. The highest BCUT2D eigenvalue weighted by Gasteiger charge is 2.33. The summed E-state index contributed by atoms with van der Waals surface area (Å²) >= 11 is 0. The quantitative estimate of drug-likeness (QED) is 0.773. The van der Waals surface area contributed by atoms with Gasteiger partial charge in [0.05, 0.1) is 24.8 Å². The van der Waals surface area contributed by atoms with E-state index in [-0.39, 0.29) is 17.5 Å². The zero-order chi connectivity index (χ0) is 19.4. The maximum absolute atomic E-state index is 13.9. The average molecular weight is 381 g/mol. The van der Waals surface area contributed by atoms with E-state index in [9.17, 15) is 18.4 Å². The highest BCUT2D eigenvalue weighted by atomic mass is 19.1.